The minimum absolute atomic E-state index is 0.694. The van der Waals surface area contributed by atoms with Crippen molar-refractivity contribution in [1.29, 1.82) is 0 Å². The number of nitrogens with zero attached hydrogens (tertiary/aromatic N) is 1. The van der Waals surface area contributed by atoms with E-state index in [2.05, 4.69) is 52.0 Å². The zero-order valence-electron chi connectivity index (χ0n) is 11.5. The quantitative estimate of drug-likeness (QED) is 0.668. The van der Waals surface area contributed by atoms with Crippen LogP contribution in [-0.4, -0.2) is 37.6 Å². The maximum Gasteiger partial charge on any atom is 0.00868 e. The molecule has 0 saturated heterocycles. The van der Waals surface area contributed by atoms with Gasteiger partial charge in [-0.15, -0.1) is 0 Å². The summed E-state index contributed by atoms with van der Waals surface area (Å²) in [7, 11) is 4.31. The van der Waals surface area contributed by atoms with E-state index in [4.69, 9.17) is 0 Å². The molecule has 0 saturated carbocycles. The average Bonchev–Trinajstić information content (AvgIpc) is 2.22. The average molecular weight is 214 g/mol. The molecule has 0 aliphatic rings. The van der Waals surface area contributed by atoms with Crippen molar-refractivity contribution in [1.82, 2.24) is 10.2 Å². The zero-order chi connectivity index (χ0) is 11.8. The fraction of sp³-hybridized carbons (Fsp3) is 1.00. The Morgan fingerprint density at radius 1 is 1.20 bits per heavy atom. The van der Waals surface area contributed by atoms with Crippen LogP contribution in [0.25, 0.3) is 0 Å². The van der Waals surface area contributed by atoms with Gasteiger partial charge in [-0.3, -0.25) is 0 Å². The van der Waals surface area contributed by atoms with Crippen molar-refractivity contribution in [3.05, 3.63) is 0 Å². The van der Waals surface area contributed by atoms with Crippen molar-refractivity contribution in [2.75, 3.05) is 20.6 Å². The van der Waals surface area contributed by atoms with Gasteiger partial charge in [-0.05, 0) is 52.7 Å². The van der Waals surface area contributed by atoms with Crippen LogP contribution in [0.2, 0.25) is 0 Å². The largest absolute Gasteiger partial charge is 0.317 e. The summed E-state index contributed by atoms with van der Waals surface area (Å²) < 4.78 is 0. The van der Waals surface area contributed by atoms with Crippen LogP contribution in [0.5, 0.6) is 0 Å². The van der Waals surface area contributed by atoms with E-state index in [0.29, 0.717) is 12.1 Å². The van der Waals surface area contributed by atoms with Crippen molar-refractivity contribution in [3.63, 3.8) is 0 Å². The monoisotopic (exact) mass is 214 g/mol. The molecule has 2 nitrogen and oxygen atoms in total. The predicted molar refractivity (Wildman–Crippen MR) is 69.3 cm³/mol. The van der Waals surface area contributed by atoms with Crippen LogP contribution in [-0.2, 0) is 0 Å². The third-order valence-electron chi connectivity index (χ3n) is 3.62. The first-order chi connectivity index (χ1) is 7.02. The van der Waals surface area contributed by atoms with Gasteiger partial charge >= 0.3 is 0 Å². The van der Waals surface area contributed by atoms with Gasteiger partial charge in [0.15, 0.2) is 0 Å². The van der Waals surface area contributed by atoms with Crippen molar-refractivity contribution < 1.29 is 0 Å². The predicted octanol–water partition coefficient (Wildman–Crippen LogP) is 2.74. The molecule has 0 aliphatic heterocycles. The van der Waals surface area contributed by atoms with Gasteiger partial charge < -0.3 is 10.2 Å². The first-order valence-corrected chi connectivity index (χ1v) is 6.40. The minimum Gasteiger partial charge on any atom is -0.317 e. The van der Waals surface area contributed by atoms with E-state index in [1.54, 1.807) is 0 Å². The van der Waals surface area contributed by atoms with E-state index in [-0.39, 0.29) is 0 Å². The molecule has 92 valence electrons. The van der Waals surface area contributed by atoms with Crippen LogP contribution in [0, 0.1) is 5.92 Å². The molecular weight excluding hydrogens is 184 g/mol. The molecule has 2 heteroatoms. The Kier molecular flexibility index (Phi) is 8.07. The fourth-order valence-corrected chi connectivity index (χ4v) is 1.85. The molecule has 0 rings (SSSR count). The minimum atomic E-state index is 0.694. The van der Waals surface area contributed by atoms with Crippen LogP contribution < -0.4 is 5.32 Å². The number of nitrogens with one attached hydrogen (secondary N) is 1. The number of hydrogen-bond acceptors (Lipinski definition) is 2. The summed E-state index contributed by atoms with van der Waals surface area (Å²) in [5.41, 5.74) is 0. The highest BCUT2D eigenvalue weighted by Gasteiger charge is 2.12. The molecular formula is C13H30N2. The Morgan fingerprint density at radius 2 is 1.80 bits per heavy atom. The van der Waals surface area contributed by atoms with Gasteiger partial charge in [0.05, 0.1) is 0 Å². The van der Waals surface area contributed by atoms with Crippen LogP contribution in [0.1, 0.15) is 47.0 Å². The Morgan fingerprint density at radius 3 is 2.20 bits per heavy atom. The zero-order valence-corrected chi connectivity index (χ0v) is 11.5. The van der Waals surface area contributed by atoms with Crippen molar-refractivity contribution in [3.8, 4) is 0 Å². The SMILES string of the molecule is CCC(CCCN(C)C(C)C(C)C)NC. The lowest BCUT2D eigenvalue weighted by Gasteiger charge is -2.28. The van der Waals surface area contributed by atoms with Crippen LogP contribution >= 0.6 is 0 Å². The topological polar surface area (TPSA) is 15.3 Å². The first kappa shape index (κ1) is 14.9. The molecule has 2 unspecified atom stereocenters. The third kappa shape index (κ3) is 6.16. The van der Waals surface area contributed by atoms with E-state index in [0.717, 1.165) is 5.92 Å². The highest BCUT2D eigenvalue weighted by molar-refractivity contribution is 4.68. The molecule has 0 aliphatic carbocycles. The Labute approximate surface area is 96.4 Å². The maximum atomic E-state index is 3.36. The van der Waals surface area contributed by atoms with Crippen molar-refractivity contribution in [2.24, 2.45) is 5.92 Å². The number of rotatable bonds is 8. The molecule has 0 bridgehead atoms. The van der Waals surface area contributed by atoms with Crippen LogP contribution in [0.15, 0.2) is 0 Å². The molecule has 0 spiro atoms. The molecule has 15 heavy (non-hydrogen) atoms. The smallest absolute Gasteiger partial charge is 0.00868 e. The lowest BCUT2D eigenvalue weighted by molar-refractivity contribution is 0.202. The Hall–Kier alpha value is -0.0800. The van der Waals surface area contributed by atoms with Crippen LogP contribution in [0.4, 0.5) is 0 Å². The summed E-state index contributed by atoms with van der Waals surface area (Å²) in [5.74, 6) is 0.751. The van der Waals surface area contributed by atoms with Gasteiger partial charge in [-0.1, -0.05) is 20.8 Å². The maximum absolute atomic E-state index is 3.36. The number of hydrogen-bond donors (Lipinski definition) is 1. The fourth-order valence-electron chi connectivity index (χ4n) is 1.85. The standard InChI is InChI=1S/C13H30N2/c1-7-13(14-5)9-8-10-15(6)12(4)11(2)3/h11-14H,7-10H2,1-6H3. The molecule has 0 radical (unpaired) electrons. The van der Waals surface area contributed by atoms with Gasteiger partial charge in [0, 0.05) is 12.1 Å². The lowest BCUT2D eigenvalue weighted by Crippen LogP contribution is -2.34. The summed E-state index contributed by atoms with van der Waals surface area (Å²) in [6.45, 7) is 10.4. The Balaban J connectivity index is 3.66. The molecule has 0 heterocycles. The molecule has 0 aromatic rings. The summed E-state index contributed by atoms with van der Waals surface area (Å²) in [4.78, 5) is 2.48. The molecule has 0 aromatic carbocycles. The van der Waals surface area contributed by atoms with Gasteiger partial charge in [-0.2, -0.15) is 0 Å². The Bertz CT molecular complexity index is 141. The summed E-state index contributed by atoms with van der Waals surface area (Å²) >= 11 is 0. The van der Waals surface area contributed by atoms with E-state index in [1.165, 1.54) is 25.8 Å². The van der Waals surface area contributed by atoms with Gasteiger partial charge in [0.1, 0.15) is 0 Å². The molecule has 0 aromatic heterocycles. The van der Waals surface area contributed by atoms with E-state index in [9.17, 15) is 0 Å². The van der Waals surface area contributed by atoms with E-state index >= 15 is 0 Å². The second-order valence-electron chi connectivity index (χ2n) is 5.00. The highest BCUT2D eigenvalue weighted by Crippen LogP contribution is 2.10. The lowest BCUT2D eigenvalue weighted by atomic mass is 10.0. The van der Waals surface area contributed by atoms with Crippen molar-refractivity contribution >= 4 is 0 Å². The summed E-state index contributed by atoms with van der Waals surface area (Å²) in [5, 5.41) is 3.36. The highest BCUT2D eigenvalue weighted by atomic mass is 15.1. The van der Waals surface area contributed by atoms with Gasteiger partial charge in [-0.25, -0.2) is 0 Å². The summed E-state index contributed by atoms with van der Waals surface area (Å²) in [6.07, 6.45) is 3.83. The molecule has 2 atom stereocenters. The van der Waals surface area contributed by atoms with E-state index < -0.39 is 0 Å². The molecule has 0 fully saturated rings. The van der Waals surface area contributed by atoms with Crippen LogP contribution in [0.3, 0.4) is 0 Å². The van der Waals surface area contributed by atoms with Crippen molar-refractivity contribution in [2.45, 2.75) is 59.0 Å². The van der Waals surface area contributed by atoms with Gasteiger partial charge in [0.2, 0.25) is 0 Å². The van der Waals surface area contributed by atoms with Gasteiger partial charge in [0.25, 0.3) is 0 Å². The first-order valence-electron chi connectivity index (χ1n) is 6.40. The summed E-state index contributed by atoms with van der Waals surface area (Å²) in [6, 6.07) is 1.40. The van der Waals surface area contributed by atoms with E-state index in [1.807, 2.05) is 0 Å². The molecule has 1 N–H and O–H groups in total. The third-order valence-corrected chi connectivity index (χ3v) is 3.62. The second-order valence-corrected chi connectivity index (χ2v) is 5.00. The molecule has 0 amide bonds. The second kappa shape index (κ2) is 8.12. The normalized spacial score (nSPS) is 16.0.